The molecule has 0 saturated carbocycles. The molecule has 98 valence electrons. The van der Waals surface area contributed by atoms with Crippen molar-refractivity contribution in [2.45, 2.75) is 6.18 Å². The number of thioether (sulfide) groups is 1. The minimum Gasteiger partial charge on any atom is -0.325 e. The molecule has 0 aliphatic rings. The number of carbonyl (C=O) groups excluding carboxylic acids is 1. The van der Waals surface area contributed by atoms with Crippen LogP contribution in [0.4, 0.5) is 18.9 Å². The molecule has 0 fully saturated rings. The number of rotatable bonds is 5. The number of carbonyl (C=O) groups is 1. The van der Waals surface area contributed by atoms with E-state index in [1.54, 1.807) is 6.08 Å². The molecule has 0 radical (unpaired) electrons. The van der Waals surface area contributed by atoms with Gasteiger partial charge >= 0.3 is 6.18 Å². The van der Waals surface area contributed by atoms with Crippen molar-refractivity contribution in [1.29, 1.82) is 0 Å². The highest BCUT2D eigenvalue weighted by Crippen LogP contribution is 2.29. The quantitative estimate of drug-likeness (QED) is 0.657. The molecule has 1 aromatic carbocycles. The molecule has 0 unspecified atom stereocenters. The van der Waals surface area contributed by atoms with E-state index in [0.29, 0.717) is 11.4 Å². The van der Waals surface area contributed by atoms with Crippen LogP contribution < -0.4 is 5.32 Å². The van der Waals surface area contributed by atoms with Gasteiger partial charge in [0.2, 0.25) is 5.91 Å². The number of amides is 1. The molecule has 0 spiro atoms. The molecule has 0 heterocycles. The van der Waals surface area contributed by atoms with Crippen LogP contribution in [-0.2, 0) is 11.0 Å². The summed E-state index contributed by atoms with van der Waals surface area (Å²) in [7, 11) is 0. The smallest absolute Gasteiger partial charge is 0.325 e. The molecule has 1 amide bonds. The first-order chi connectivity index (χ1) is 8.43. The number of hydrogen-bond acceptors (Lipinski definition) is 2. The molecule has 0 aliphatic carbocycles. The first-order valence-corrected chi connectivity index (χ1v) is 6.24. The summed E-state index contributed by atoms with van der Waals surface area (Å²) in [6, 6.07) is 4.34. The number of nitrogens with one attached hydrogen (secondary N) is 1. The topological polar surface area (TPSA) is 29.1 Å². The molecule has 1 aromatic rings. The van der Waals surface area contributed by atoms with Gasteiger partial charge in [-0.2, -0.15) is 13.2 Å². The predicted molar refractivity (Wildman–Crippen MR) is 67.6 cm³/mol. The fraction of sp³-hybridized carbons (Fsp3) is 0.250. The molecule has 6 heteroatoms. The minimum absolute atomic E-state index is 0.243. The summed E-state index contributed by atoms with van der Waals surface area (Å²) in [6.45, 7) is 3.52. The lowest BCUT2D eigenvalue weighted by atomic mass is 10.2. The van der Waals surface area contributed by atoms with Crippen molar-refractivity contribution in [3.63, 3.8) is 0 Å². The van der Waals surface area contributed by atoms with Crippen LogP contribution in [0.25, 0.3) is 0 Å². The van der Waals surface area contributed by atoms with E-state index in [9.17, 15) is 18.0 Å². The Kier molecular flexibility index (Phi) is 5.27. The van der Waals surface area contributed by atoms with Gasteiger partial charge in [0.25, 0.3) is 0 Å². The monoisotopic (exact) mass is 275 g/mol. The number of alkyl halides is 3. The number of anilines is 1. The first kappa shape index (κ1) is 14.6. The lowest BCUT2D eigenvalue weighted by molar-refractivity contribution is -0.137. The van der Waals surface area contributed by atoms with Gasteiger partial charge in [0.15, 0.2) is 0 Å². The van der Waals surface area contributed by atoms with Gasteiger partial charge in [0, 0.05) is 11.4 Å². The maximum atomic E-state index is 12.3. The van der Waals surface area contributed by atoms with Crippen LogP contribution >= 0.6 is 11.8 Å². The summed E-state index contributed by atoms with van der Waals surface area (Å²) in [6.07, 6.45) is -2.68. The standard InChI is InChI=1S/C12H12F3NOS/c1-2-7-18-8-11(17)16-10-5-3-9(4-6-10)12(13,14)15/h2-6H,1,7-8H2,(H,16,17). The average molecular weight is 275 g/mol. The molecule has 0 saturated heterocycles. The van der Waals surface area contributed by atoms with Crippen molar-refractivity contribution in [2.24, 2.45) is 0 Å². The first-order valence-electron chi connectivity index (χ1n) is 5.09. The van der Waals surface area contributed by atoms with Crippen LogP contribution in [0.3, 0.4) is 0 Å². The zero-order valence-electron chi connectivity index (χ0n) is 9.46. The Morgan fingerprint density at radius 1 is 1.33 bits per heavy atom. The van der Waals surface area contributed by atoms with Crippen LogP contribution in [0.2, 0.25) is 0 Å². The maximum Gasteiger partial charge on any atom is 0.416 e. The van der Waals surface area contributed by atoms with Crippen molar-refractivity contribution in [3.05, 3.63) is 42.5 Å². The Morgan fingerprint density at radius 2 is 1.94 bits per heavy atom. The van der Waals surface area contributed by atoms with Crippen molar-refractivity contribution in [3.8, 4) is 0 Å². The van der Waals surface area contributed by atoms with Gasteiger partial charge in [0.1, 0.15) is 0 Å². The highest BCUT2D eigenvalue weighted by molar-refractivity contribution is 8.00. The summed E-state index contributed by atoms with van der Waals surface area (Å²) in [4.78, 5) is 11.4. The molecular weight excluding hydrogens is 263 g/mol. The van der Waals surface area contributed by atoms with Crippen molar-refractivity contribution < 1.29 is 18.0 Å². The minimum atomic E-state index is -4.36. The SMILES string of the molecule is C=CCSCC(=O)Nc1ccc(C(F)(F)F)cc1. The zero-order valence-corrected chi connectivity index (χ0v) is 10.3. The summed E-state index contributed by atoms with van der Waals surface area (Å²) in [5.41, 5.74) is -0.381. The predicted octanol–water partition coefficient (Wildman–Crippen LogP) is 3.56. The van der Waals surface area contributed by atoms with E-state index in [1.165, 1.54) is 23.9 Å². The van der Waals surface area contributed by atoms with Gasteiger partial charge in [-0.05, 0) is 24.3 Å². The average Bonchev–Trinajstić information content (AvgIpc) is 2.29. The molecule has 0 atom stereocenters. The molecule has 0 aliphatic heterocycles. The highest BCUT2D eigenvalue weighted by atomic mass is 32.2. The van der Waals surface area contributed by atoms with Gasteiger partial charge in [-0.25, -0.2) is 0 Å². The van der Waals surface area contributed by atoms with E-state index in [4.69, 9.17) is 0 Å². The third-order valence-corrected chi connectivity index (χ3v) is 2.90. The van der Waals surface area contributed by atoms with E-state index in [0.717, 1.165) is 12.1 Å². The highest BCUT2D eigenvalue weighted by Gasteiger charge is 2.29. The fourth-order valence-corrected chi connectivity index (χ4v) is 1.72. The van der Waals surface area contributed by atoms with Crippen molar-refractivity contribution in [2.75, 3.05) is 16.8 Å². The third kappa shape index (κ3) is 4.83. The lowest BCUT2D eigenvalue weighted by Gasteiger charge is -2.08. The molecule has 0 aromatic heterocycles. The zero-order chi connectivity index (χ0) is 13.6. The molecule has 18 heavy (non-hydrogen) atoms. The van der Waals surface area contributed by atoms with Gasteiger partial charge in [-0.1, -0.05) is 6.08 Å². The van der Waals surface area contributed by atoms with Crippen molar-refractivity contribution >= 4 is 23.4 Å². The molecular formula is C12H12F3NOS. The van der Waals surface area contributed by atoms with Gasteiger partial charge in [-0.3, -0.25) is 4.79 Å². The Balaban J connectivity index is 2.53. The largest absolute Gasteiger partial charge is 0.416 e. The van der Waals surface area contributed by atoms with Crippen molar-refractivity contribution in [1.82, 2.24) is 0 Å². The summed E-state index contributed by atoms with van der Waals surface area (Å²) >= 11 is 1.38. The van der Waals surface area contributed by atoms with Crippen LogP contribution in [0, 0.1) is 0 Å². The molecule has 0 bridgehead atoms. The second kappa shape index (κ2) is 6.49. The van der Waals surface area contributed by atoms with E-state index in [2.05, 4.69) is 11.9 Å². The number of benzene rings is 1. The maximum absolute atomic E-state index is 12.3. The third-order valence-electron chi connectivity index (χ3n) is 1.96. The molecule has 2 nitrogen and oxygen atoms in total. The van der Waals surface area contributed by atoms with Crippen LogP contribution in [-0.4, -0.2) is 17.4 Å². The van der Waals surface area contributed by atoms with E-state index >= 15 is 0 Å². The van der Waals surface area contributed by atoms with E-state index < -0.39 is 11.7 Å². The van der Waals surface area contributed by atoms with Crippen LogP contribution in [0.1, 0.15) is 5.56 Å². The molecule has 1 N–H and O–H groups in total. The second-order valence-corrected chi connectivity index (χ2v) is 4.46. The van der Waals surface area contributed by atoms with Crippen LogP contribution in [0.5, 0.6) is 0 Å². The lowest BCUT2D eigenvalue weighted by Crippen LogP contribution is -2.14. The summed E-state index contributed by atoms with van der Waals surface area (Å²) in [5, 5.41) is 2.52. The van der Waals surface area contributed by atoms with E-state index in [-0.39, 0.29) is 11.7 Å². The summed E-state index contributed by atoms with van der Waals surface area (Å²) in [5.74, 6) is 0.648. The van der Waals surface area contributed by atoms with Gasteiger partial charge in [-0.15, -0.1) is 18.3 Å². The van der Waals surface area contributed by atoms with Gasteiger partial charge in [0.05, 0.1) is 11.3 Å². The second-order valence-electron chi connectivity index (χ2n) is 3.43. The molecule has 1 rings (SSSR count). The Hall–Kier alpha value is -1.43. The van der Waals surface area contributed by atoms with Crippen LogP contribution in [0.15, 0.2) is 36.9 Å². The Labute approximate surface area is 107 Å². The van der Waals surface area contributed by atoms with E-state index in [1.807, 2.05) is 0 Å². The Morgan fingerprint density at radius 3 is 2.44 bits per heavy atom. The normalized spacial score (nSPS) is 11.1. The Bertz CT molecular complexity index is 414. The van der Waals surface area contributed by atoms with Gasteiger partial charge < -0.3 is 5.32 Å². The summed E-state index contributed by atoms with van der Waals surface area (Å²) < 4.78 is 36.9. The number of hydrogen-bond donors (Lipinski definition) is 1. The number of halogens is 3. The fourth-order valence-electron chi connectivity index (χ4n) is 1.17.